The number of ketones is 1. The third-order valence-electron chi connectivity index (χ3n) is 6.84. The van der Waals surface area contributed by atoms with Gasteiger partial charge in [0.05, 0.1) is 18.4 Å². The molecule has 0 radical (unpaired) electrons. The van der Waals surface area contributed by atoms with Gasteiger partial charge in [0.15, 0.2) is 5.78 Å². The van der Waals surface area contributed by atoms with Crippen molar-refractivity contribution < 1.29 is 14.0 Å². The van der Waals surface area contributed by atoms with Gasteiger partial charge in [-0.1, -0.05) is 18.2 Å². The molecule has 3 aromatic rings. The minimum atomic E-state index is 0.0328. The molecule has 0 bridgehead atoms. The number of anilines is 2. The normalized spacial score (nSPS) is 17.9. The van der Waals surface area contributed by atoms with Crippen LogP contribution in [-0.4, -0.2) is 48.8 Å². The Labute approximate surface area is 194 Å². The van der Waals surface area contributed by atoms with Crippen molar-refractivity contribution in [3.8, 4) is 0 Å². The van der Waals surface area contributed by atoms with Crippen LogP contribution in [0, 0.1) is 0 Å². The number of hydrogen-bond donors (Lipinski definition) is 0. The lowest BCUT2D eigenvalue weighted by atomic mass is 10.1. The smallest absolute Gasteiger partial charge is 0.257 e. The van der Waals surface area contributed by atoms with Crippen LogP contribution in [0.5, 0.6) is 0 Å². The van der Waals surface area contributed by atoms with E-state index in [0.29, 0.717) is 31.2 Å². The Bertz CT molecular complexity index is 1160. The van der Waals surface area contributed by atoms with Crippen LogP contribution >= 0.6 is 0 Å². The van der Waals surface area contributed by atoms with Crippen LogP contribution in [0.15, 0.2) is 65.3 Å². The number of furan rings is 1. The Kier molecular flexibility index (Phi) is 5.67. The van der Waals surface area contributed by atoms with Crippen molar-refractivity contribution in [1.82, 2.24) is 4.90 Å². The minimum absolute atomic E-state index is 0.0328. The van der Waals surface area contributed by atoms with E-state index in [1.807, 2.05) is 29.2 Å². The number of carbonyl (C=O) groups is 2. The third kappa shape index (κ3) is 4.13. The minimum Gasteiger partial charge on any atom is -0.467 e. The molecule has 5 rings (SSSR count). The second-order valence-corrected chi connectivity index (χ2v) is 8.95. The second-order valence-electron chi connectivity index (χ2n) is 8.95. The number of fused-ring (bicyclic) bond motifs is 1. The average molecular weight is 444 g/mol. The molecule has 2 aromatic carbocycles. The molecule has 0 N–H and O–H groups in total. The van der Waals surface area contributed by atoms with E-state index in [-0.39, 0.29) is 11.7 Å². The predicted octanol–water partition coefficient (Wildman–Crippen LogP) is 4.40. The van der Waals surface area contributed by atoms with Gasteiger partial charge in [-0.2, -0.15) is 0 Å². The molecule has 6 heteroatoms. The van der Waals surface area contributed by atoms with Crippen LogP contribution in [0.1, 0.15) is 45.9 Å². The molecule has 1 saturated heterocycles. The summed E-state index contributed by atoms with van der Waals surface area (Å²) < 4.78 is 5.80. The molecular weight excluding hydrogens is 414 g/mol. The summed E-state index contributed by atoms with van der Waals surface area (Å²) in [5.74, 6) is 0.830. The molecule has 1 aromatic heterocycles. The number of para-hydroxylation sites is 1. The molecule has 0 aliphatic carbocycles. The molecule has 170 valence electrons. The molecule has 1 fully saturated rings. The summed E-state index contributed by atoms with van der Waals surface area (Å²) in [6.07, 6.45) is 2.64. The highest BCUT2D eigenvalue weighted by Gasteiger charge is 2.30. The highest BCUT2D eigenvalue weighted by molar-refractivity contribution is 5.95. The molecular formula is C27H29N3O3. The third-order valence-corrected chi connectivity index (χ3v) is 6.84. The topological polar surface area (TPSA) is 57.0 Å². The fourth-order valence-electron chi connectivity index (χ4n) is 4.92. The molecule has 3 heterocycles. The van der Waals surface area contributed by atoms with Gasteiger partial charge < -0.3 is 19.1 Å². The first-order chi connectivity index (χ1) is 16.0. The van der Waals surface area contributed by atoms with Crippen molar-refractivity contribution in [3.05, 3.63) is 83.3 Å². The quantitative estimate of drug-likeness (QED) is 0.547. The fourth-order valence-corrected chi connectivity index (χ4v) is 4.92. The SMILES string of the molecule is CC(=O)c1ccc(N2CCN(C(=O)c3ccoc3CN3c4ccccc4CC3C)CC2)cc1. The van der Waals surface area contributed by atoms with Crippen LogP contribution in [0.2, 0.25) is 0 Å². The number of amides is 1. The highest BCUT2D eigenvalue weighted by atomic mass is 16.3. The Hall–Kier alpha value is -3.54. The molecule has 0 saturated carbocycles. The maximum absolute atomic E-state index is 13.3. The number of hydrogen-bond acceptors (Lipinski definition) is 5. The van der Waals surface area contributed by atoms with Crippen LogP contribution in [0.4, 0.5) is 11.4 Å². The number of piperazine rings is 1. The lowest BCUT2D eigenvalue weighted by molar-refractivity contribution is 0.0744. The molecule has 6 nitrogen and oxygen atoms in total. The van der Waals surface area contributed by atoms with Gasteiger partial charge in [-0.15, -0.1) is 0 Å². The molecule has 2 aliphatic rings. The van der Waals surface area contributed by atoms with E-state index in [4.69, 9.17) is 4.42 Å². The Morgan fingerprint density at radius 3 is 2.42 bits per heavy atom. The van der Waals surface area contributed by atoms with Gasteiger partial charge in [0.1, 0.15) is 5.76 Å². The van der Waals surface area contributed by atoms with E-state index in [0.717, 1.165) is 36.5 Å². The zero-order valence-electron chi connectivity index (χ0n) is 19.2. The second kappa shape index (κ2) is 8.77. The zero-order chi connectivity index (χ0) is 22.9. The summed E-state index contributed by atoms with van der Waals surface area (Å²) in [5.41, 5.74) is 5.03. The van der Waals surface area contributed by atoms with Gasteiger partial charge in [-0.3, -0.25) is 9.59 Å². The van der Waals surface area contributed by atoms with Gasteiger partial charge >= 0.3 is 0 Å². The van der Waals surface area contributed by atoms with Crippen LogP contribution in [-0.2, 0) is 13.0 Å². The van der Waals surface area contributed by atoms with Crippen LogP contribution in [0.3, 0.4) is 0 Å². The summed E-state index contributed by atoms with van der Waals surface area (Å²) in [4.78, 5) is 31.3. The lowest BCUT2D eigenvalue weighted by Gasteiger charge is -2.36. The molecule has 1 unspecified atom stereocenters. The van der Waals surface area contributed by atoms with Crippen molar-refractivity contribution in [2.24, 2.45) is 0 Å². The highest BCUT2D eigenvalue weighted by Crippen LogP contribution is 2.34. The summed E-state index contributed by atoms with van der Waals surface area (Å²) in [6, 6.07) is 18.3. The average Bonchev–Trinajstić information content (AvgIpc) is 3.43. The van der Waals surface area contributed by atoms with Crippen LogP contribution < -0.4 is 9.80 Å². The molecule has 1 amide bonds. The molecule has 33 heavy (non-hydrogen) atoms. The van der Waals surface area contributed by atoms with Gasteiger partial charge in [0, 0.05) is 49.2 Å². The largest absolute Gasteiger partial charge is 0.467 e. The predicted molar refractivity (Wildman–Crippen MR) is 129 cm³/mol. The summed E-state index contributed by atoms with van der Waals surface area (Å²) >= 11 is 0. The number of rotatable bonds is 5. The van der Waals surface area contributed by atoms with E-state index in [9.17, 15) is 9.59 Å². The maximum atomic E-state index is 13.3. The maximum Gasteiger partial charge on any atom is 0.257 e. The van der Waals surface area contributed by atoms with Gasteiger partial charge in [0.2, 0.25) is 0 Å². The number of Topliss-reactive ketones (excluding diaryl/α,β-unsaturated/α-hetero) is 1. The summed E-state index contributed by atoms with van der Waals surface area (Å²) in [7, 11) is 0. The lowest BCUT2D eigenvalue weighted by Crippen LogP contribution is -2.49. The monoisotopic (exact) mass is 443 g/mol. The first-order valence-corrected chi connectivity index (χ1v) is 11.6. The van der Waals surface area contributed by atoms with Crippen LogP contribution in [0.25, 0.3) is 0 Å². The Morgan fingerprint density at radius 1 is 0.970 bits per heavy atom. The Morgan fingerprint density at radius 2 is 1.70 bits per heavy atom. The van der Waals surface area contributed by atoms with Crippen molar-refractivity contribution in [2.75, 3.05) is 36.0 Å². The zero-order valence-corrected chi connectivity index (χ0v) is 19.2. The first kappa shape index (κ1) is 21.3. The molecule has 0 spiro atoms. The van der Waals surface area contributed by atoms with Crippen molar-refractivity contribution >= 4 is 23.1 Å². The fraction of sp³-hybridized carbons (Fsp3) is 0.333. The van der Waals surface area contributed by atoms with E-state index in [2.05, 4.69) is 41.0 Å². The Balaban J connectivity index is 1.25. The number of nitrogens with zero attached hydrogens (tertiary/aromatic N) is 3. The van der Waals surface area contributed by atoms with Gasteiger partial charge in [0.25, 0.3) is 5.91 Å². The standard InChI is InChI=1S/C27H29N3O3/c1-19-17-22-5-3-4-6-25(22)30(19)18-26-24(11-16-33-26)27(32)29-14-12-28(13-15-29)23-9-7-21(8-10-23)20(2)31/h3-11,16,19H,12-15,17-18H2,1-2H3. The first-order valence-electron chi connectivity index (χ1n) is 11.6. The van der Waals surface area contributed by atoms with Crippen molar-refractivity contribution in [3.63, 3.8) is 0 Å². The van der Waals surface area contributed by atoms with Crippen molar-refractivity contribution in [2.45, 2.75) is 32.9 Å². The van der Waals surface area contributed by atoms with E-state index in [1.54, 1.807) is 19.3 Å². The molecule has 2 aliphatic heterocycles. The number of benzene rings is 2. The van der Waals surface area contributed by atoms with Gasteiger partial charge in [-0.25, -0.2) is 0 Å². The van der Waals surface area contributed by atoms with Gasteiger partial charge in [-0.05, 0) is 62.2 Å². The van der Waals surface area contributed by atoms with E-state index >= 15 is 0 Å². The van der Waals surface area contributed by atoms with Crippen molar-refractivity contribution in [1.29, 1.82) is 0 Å². The number of carbonyl (C=O) groups excluding carboxylic acids is 2. The summed E-state index contributed by atoms with van der Waals surface area (Å²) in [5, 5.41) is 0. The van der Waals surface area contributed by atoms with E-state index in [1.165, 1.54) is 11.3 Å². The van der Waals surface area contributed by atoms with E-state index < -0.39 is 0 Å². The molecule has 1 atom stereocenters. The summed E-state index contributed by atoms with van der Waals surface area (Å²) in [6.45, 7) is 7.21.